The number of likely N-dealkylation sites (N-methyl/N-ethyl adjacent to an activating group) is 1. The van der Waals surface area contributed by atoms with Crippen molar-refractivity contribution >= 4 is 11.8 Å². The Bertz CT molecular complexity index is 240. The molecule has 2 amide bonds. The molecule has 0 bridgehead atoms. The van der Waals surface area contributed by atoms with Crippen molar-refractivity contribution in [1.29, 1.82) is 0 Å². The average molecular weight is 199 g/mol. The van der Waals surface area contributed by atoms with E-state index in [-0.39, 0.29) is 30.4 Å². The van der Waals surface area contributed by atoms with Crippen LogP contribution in [0.15, 0.2) is 0 Å². The highest BCUT2D eigenvalue weighted by atomic mass is 16.2. The van der Waals surface area contributed by atoms with Crippen LogP contribution in [0, 0.1) is 0 Å². The Morgan fingerprint density at radius 2 is 2.29 bits per heavy atom. The smallest absolute Gasteiger partial charge is 0.239 e. The minimum atomic E-state index is -0.278. The third kappa shape index (κ3) is 2.70. The van der Waals surface area contributed by atoms with Gasteiger partial charge in [0.05, 0.1) is 6.54 Å². The van der Waals surface area contributed by atoms with Crippen LogP contribution >= 0.6 is 0 Å². The highest BCUT2D eigenvalue weighted by Crippen LogP contribution is 1.98. The van der Waals surface area contributed by atoms with Gasteiger partial charge in [0.25, 0.3) is 0 Å². The summed E-state index contributed by atoms with van der Waals surface area (Å²) in [6.45, 7) is 4.51. The maximum atomic E-state index is 11.5. The Morgan fingerprint density at radius 3 is 2.79 bits per heavy atom. The van der Waals surface area contributed by atoms with E-state index in [4.69, 9.17) is 0 Å². The van der Waals surface area contributed by atoms with Crippen molar-refractivity contribution in [3.05, 3.63) is 0 Å². The summed E-state index contributed by atoms with van der Waals surface area (Å²) in [5.41, 5.74) is 0. The molecule has 80 valence electrons. The van der Waals surface area contributed by atoms with Crippen LogP contribution in [-0.4, -0.2) is 48.9 Å². The molecule has 0 spiro atoms. The second-order valence-corrected chi connectivity index (χ2v) is 3.87. The number of carbonyl (C=O) groups is 2. The van der Waals surface area contributed by atoms with Crippen LogP contribution in [0.2, 0.25) is 0 Å². The second-order valence-electron chi connectivity index (χ2n) is 3.87. The Kier molecular flexibility index (Phi) is 3.46. The third-order valence-electron chi connectivity index (χ3n) is 2.13. The molecule has 14 heavy (non-hydrogen) atoms. The Labute approximate surface area is 83.8 Å². The Hall–Kier alpha value is -1.10. The number of amides is 2. The van der Waals surface area contributed by atoms with Crippen LogP contribution in [0.1, 0.15) is 13.8 Å². The maximum Gasteiger partial charge on any atom is 0.239 e. The number of piperazine rings is 1. The van der Waals surface area contributed by atoms with E-state index >= 15 is 0 Å². The lowest BCUT2D eigenvalue weighted by Crippen LogP contribution is -2.59. The number of carbonyl (C=O) groups excluding carboxylic acids is 2. The lowest BCUT2D eigenvalue weighted by atomic mass is 10.2. The summed E-state index contributed by atoms with van der Waals surface area (Å²) in [5.74, 6) is -0.0158. The summed E-state index contributed by atoms with van der Waals surface area (Å²) < 4.78 is 0. The first-order valence-corrected chi connectivity index (χ1v) is 4.78. The first-order valence-electron chi connectivity index (χ1n) is 4.78. The summed E-state index contributed by atoms with van der Waals surface area (Å²) in [4.78, 5) is 24.2. The molecule has 5 nitrogen and oxygen atoms in total. The molecule has 5 heteroatoms. The normalized spacial score (nSPS) is 22.7. The van der Waals surface area contributed by atoms with Gasteiger partial charge in [-0.1, -0.05) is 0 Å². The van der Waals surface area contributed by atoms with Crippen LogP contribution in [0.25, 0.3) is 0 Å². The fraction of sp³-hybridized carbons (Fsp3) is 0.778. The molecular weight excluding hydrogens is 182 g/mol. The molecule has 0 aliphatic carbocycles. The fourth-order valence-electron chi connectivity index (χ4n) is 1.35. The van der Waals surface area contributed by atoms with Gasteiger partial charge in [-0.25, -0.2) is 0 Å². The van der Waals surface area contributed by atoms with E-state index in [0.29, 0.717) is 6.54 Å². The maximum absolute atomic E-state index is 11.5. The third-order valence-corrected chi connectivity index (χ3v) is 2.13. The summed E-state index contributed by atoms with van der Waals surface area (Å²) in [5, 5.41) is 5.71. The van der Waals surface area contributed by atoms with Crippen molar-refractivity contribution in [2.75, 3.05) is 20.1 Å². The van der Waals surface area contributed by atoms with E-state index in [2.05, 4.69) is 10.6 Å². The predicted molar refractivity (Wildman–Crippen MR) is 52.7 cm³/mol. The zero-order valence-corrected chi connectivity index (χ0v) is 8.83. The minimum Gasteiger partial charge on any atom is -0.353 e. The van der Waals surface area contributed by atoms with E-state index in [1.807, 2.05) is 13.8 Å². The molecule has 1 atom stereocenters. The first-order chi connectivity index (χ1) is 6.50. The van der Waals surface area contributed by atoms with Gasteiger partial charge < -0.3 is 10.2 Å². The molecule has 0 radical (unpaired) electrons. The standard InChI is InChI=1S/C9H17N3O2/c1-6(2)11-9(14)7-5-12(3)8(13)4-10-7/h6-7,10H,4-5H2,1-3H3,(H,11,14). The first kappa shape index (κ1) is 11.0. The van der Waals surface area contributed by atoms with Gasteiger partial charge in [0.15, 0.2) is 0 Å². The van der Waals surface area contributed by atoms with Crippen molar-refractivity contribution in [2.45, 2.75) is 25.9 Å². The fourth-order valence-corrected chi connectivity index (χ4v) is 1.35. The molecule has 1 aliphatic rings. The summed E-state index contributed by atoms with van der Waals surface area (Å²) in [6.07, 6.45) is 0. The van der Waals surface area contributed by atoms with E-state index in [0.717, 1.165) is 0 Å². The zero-order valence-electron chi connectivity index (χ0n) is 8.83. The van der Waals surface area contributed by atoms with Crippen LogP contribution in [0.3, 0.4) is 0 Å². The van der Waals surface area contributed by atoms with Crippen molar-refractivity contribution in [1.82, 2.24) is 15.5 Å². The van der Waals surface area contributed by atoms with Gasteiger partial charge >= 0.3 is 0 Å². The Balaban J connectivity index is 2.46. The predicted octanol–water partition coefficient (Wildman–Crippen LogP) is -1.06. The van der Waals surface area contributed by atoms with E-state index in [9.17, 15) is 9.59 Å². The van der Waals surface area contributed by atoms with Crippen LogP contribution in [-0.2, 0) is 9.59 Å². The number of hydrogen-bond acceptors (Lipinski definition) is 3. The van der Waals surface area contributed by atoms with Gasteiger partial charge in [0.2, 0.25) is 11.8 Å². The van der Waals surface area contributed by atoms with E-state index in [1.54, 1.807) is 11.9 Å². The molecule has 1 saturated heterocycles. The van der Waals surface area contributed by atoms with Crippen LogP contribution in [0.5, 0.6) is 0 Å². The number of rotatable bonds is 2. The molecule has 1 aliphatic heterocycles. The van der Waals surface area contributed by atoms with Crippen LogP contribution in [0.4, 0.5) is 0 Å². The quantitative estimate of drug-likeness (QED) is 0.596. The topological polar surface area (TPSA) is 61.4 Å². The van der Waals surface area contributed by atoms with Crippen molar-refractivity contribution in [3.63, 3.8) is 0 Å². The summed E-state index contributed by atoms with van der Waals surface area (Å²) in [7, 11) is 1.71. The monoisotopic (exact) mass is 199 g/mol. The van der Waals surface area contributed by atoms with Crippen molar-refractivity contribution in [3.8, 4) is 0 Å². The number of hydrogen-bond donors (Lipinski definition) is 2. The van der Waals surface area contributed by atoms with Gasteiger partial charge in [0.1, 0.15) is 6.04 Å². The lowest BCUT2D eigenvalue weighted by Gasteiger charge is -2.30. The molecule has 1 unspecified atom stereocenters. The molecule has 0 aromatic heterocycles. The second kappa shape index (κ2) is 4.41. The molecule has 0 aromatic carbocycles. The van der Waals surface area contributed by atoms with Gasteiger partial charge in [-0.3, -0.25) is 14.9 Å². The molecule has 1 heterocycles. The van der Waals surface area contributed by atoms with Gasteiger partial charge in [-0.2, -0.15) is 0 Å². The Morgan fingerprint density at radius 1 is 1.64 bits per heavy atom. The van der Waals surface area contributed by atoms with Gasteiger partial charge in [-0.15, -0.1) is 0 Å². The molecule has 2 N–H and O–H groups in total. The highest BCUT2D eigenvalue weighted by Gasteiger charge is 2.27. The molecule has 1 fully saturated rings. The van der Waals surface area contributed by atoms with E-state index < -0.39 is 0 Å². The molecule has 0 saturated carbocycles. The zero-order chi connectivity index (χ0) is 10.7. The number of nitrogens with one attached hydrogen (secondary N) is 2. The SMILES string of the molecule is CC(C)NC(=O)C1CN(C)C(=O)CN1. The van der Waals surface area contributed by atoms with Crippen molar-refractivity contribution in [2.24, 2.45) is 0 Å². The summed E-state index contributed by atoms with van der Waals surface area (Å²) >= 11 is 0. The van der Waals surface area contributed by atoms with E-state index in [1.165, 1.54) is 0 Å². The molecule has 0 aromatic rings. The van der Waals surface area contributed by atoms with Gasteiger partial charge in [-0.05, 0) is 13.8 Å². The summed E-state index contributed by atoms with van der Waals surface area (Å²) in [6, 6.07) is -0.146. The number of nitrogens with zero attached hydrogens (tertiary/aromatic N) is 1. The van der Waals surface area contributed by atoms with Crippen LogP contribution < -0.4 is 10.6 Å². The minimum absolute atomic E-state index is 0.0265. The average Bonchev–Trinajstić information content (AvgIpc) is 2.08. The van der Waals surface area contributed by atoms with Crippen molar-refractivity contribution < 1.29 is 9.59 Å². The van der Waals surface area contributed by atoms with Gasteiger partial charge in [0, 0.05) is 19.6 Å². The molecule has 1 rings (SSSR count). The highest BCUT2D eigenvalue weighted by molar-refractivity contribution is 5.86. The molecular formula is C9H17N3O2. The lowest BCUT2D eigenvalue weighted by molar-refractivity contribution is -0.134. The largest absolute Gasteiger partial charge is 0.353 e.